The van der Waals surface area contributed by atoms with Crippen LogP contribution in [-0.2, 0) is 9.59 Å². The molecule has 0 saturated carbocycles. The van der Waals surface area contributed by atoms with Gasteiger partial charge >= 0.3 is 5.97 Å². The van der Waals surface area contributed by atoms with Gasteiger partial charge in [0, 0.05) is 38.7 Å². The lowest BCUT2D eigenvalue weighted by molar-refractivity contribution is -0.135. The molecule has 2 aromatic carbocycles. The summed E-state index contributed by atoms with van der Waals surface area (Å²) < 4.78 is 10.9. The molecule has 1 fully saturated rings. The van der Waals surface area contributed by atoms with E-state index >= 15 is 0 Å². The smallest absolute Gasteiger partial charge is 0.308 e. The molecule has 31 heavy (non-hydrogen) atoms. The van der Waals surface area contributed by atoms with Gasteiger partial charge in [-0.15, -0.1) is 0 Å². The van der Waals surface area contributed by atoms with Crippen LogP contribution in [0.3, 0.4) is 0 Å². The van der Waals surface area contributed by atoms with E-state index in [2.05, 4.69) is 0 Å². The lowest BCUT2D eigenvalue weighted by Crippen LogP contribution is -2.51. The van der Waals surface area contributed by atoms with E-state index in [1.54, 1.807) is 34.1 Å². The van der Waals surface area contributed by atoms with Crippen LogP contribution in [0, 0.1) is 20.8 Å². The number of carbonyl (C=O) groups excluding carboxylic acids is 3. The fourth-order valence-electron chi connectivity index (χ4n) is 3.57. The molecule has 0 radical (unpaired) electrons. The quantitative estimate of drug-likeness (QED) is 0.545. The van der Waals surface area contributed by atoms with Crippen LogP contribution in [0.2, 0.25) is 0 Å². The van der Waals surface area contributed by atoms with Gasteiger partial charge in [0.1, 0.15) is 11.5 Å². The summed E-state index contributed by atoms with van der Waals surface area (Å²) >= 11 is 0. The van der Waals surface area contributed by atoms with Crippen molar-refractivity contribution in [2.24, 2.45) is 0 Å². The largest absolute Gasteiger partial charge is 0.483 e. The van der Waals surface area contributed by atoms with Crippen molar-refractivity contribution < 1.29 is 23.9 Å². The number of hydrogen-bond donors (Lipinski definition) is 0. The number of benzene rings is 2. The second kappa shape index (κ2) is 9.64. The first-order chi connectivity index (χ1) is 14.8. The Hall–Kier alpha value is -3.35. The highest BCUT2D eigenvalue weighted by molar-refractivity contribution is 5.95. The molecule has 2 amide bonds. The molecule has 0 atom stereocenters. The van der Waals surface area contributed by atoms with Crippen LogP contribution in [0.4, 0.5) is 0 Å². The summed E-state index contributed by atoms with van der Waals surface area (Å²) in [4.78, 5) is 40.0. The summed E-state index contributed by atoms with van der Waals surface area (Å²) in [6.45, 7) is 9.03. The number of amides is 2. The van der Waals surface area contributed by atoms with Gasteiger partial charge in [-0.3, -0.25) is 14.4 Å². The van der Waals surface area contributed by atoms with E-state index in [1.165, 1.54) is 6.92 Å². The summed E-state index contributed by atoms with van der Waals surface area (Å²) in [5.41, 5.74) is 3.62. The standard InChI is InChI=1S/C24H28N2O5/c1-16-8-9-17(2)23(18(16)3)30-15-22(28)25-10-12-26(13-11-25)24(29)20-6-5-7-21(14-20)31-19(4)27/h5-9,14H,10-13,15H2,1-4H3. The van der Waals surface area contributed by atoms with Crippen LogP contribution < -0.4 is 9.47 Å². The van der Waals surface area contributed by atoms with Crippen LogP contribution in [0.1, 0.15) is 34.0 Å². The van der Waals surface area contributed by atoms with E-state index < -0.39 is 5.97 Å². The van der Waals surface area contributed by atoms with Gasteiger partial charge in [-0.05, 0) is 55.7 Å². The van der Waals surface area contributed by atoms with E-state index in [0.29, 0.717) is 37.5 Å². The number of esters is 1. The number of ether oxygens (including phenoxy) is 2. The predicted molar refractivity (Wildman–Crippen MR) is 116 cm³/mol. The minimum Gasteiger partial charge on any atom is -0.483 e. The van der Waals surface area contributed by atoms with Crippen molar-refractivity contribution in [3.63, 3.8) is 0 Å². The number of carbonyl (C=O) groups is 3. The van der Waals surface area contributed by atoms with Gasteiger partial charge < -0.3 is 19.3 Å². The minimum absolute atomic E-state index is 0.0243. The molecule has 2 aromatic rings. The van der Waals surface area contributed by atoms with Crippen molar-refractivity contribution in [1.29, 1.82) is 0 Å². The van der Waals surface area contributed by atoms with Crippen molar-refractivity contribution in [2.45, 2.75) is 27.7 Å². The van der Waals surface area contributed by atoms with Crippen LogP contribution in [-0.4, -0.2) is 60.4 Å². The second-order valence-corrected chi connectivity index (χ2v) is 7.74. The molecule has 164 valence electrons. The molecular formula is C24H28N2O5. The normalized spacial score (nSPS) is 13.7. The van der Waals surface area contributed by atoms with Crippen LogP contribution in [0.15, 0.2) is 36.4 Å². The Kier molecular flexibility index (Phi) is 6.95. The molecule has 0 bridgehead atoms. The third-order valence-electron chi connectivity index (χ3n) is 5.48. The second-order valence-electron chi connectivity index (χ2n) is 7.74. The van der Waals surface area contributed by atoms with Crippen LogP contribution in [0.25, 0.3) is 0 Å². The Morgan fingerprint density at radius 1 is 0.903 bits per heavy atom. The lowest BCUT2D eigenvalue weighted by Gasteiger charge is -2.34. The molecule has 1 aliphatic rings. The van der Waals surface area contributed by atoms with E-state index in [1.807, 2.05) is 32.9 Å². The summed E-state index contributed by atoms with van der Waals surface area (Å²) in [6, 6.07) is 10.6. The van der Waals surface area contributed by atoms with Crippen molar-refractivity contribution in [2.75, 3.05) is 32.8 Å². The Bertz CT molecular complexity index is 993. The van der Waals surface area contributed by atoms with Gasteiger partial charge in [-0.1, -0.05) is 18.2 Å². The van der Waals surface area contributed by atoms with E-state index in [0.717, 1.165) is 22.4 Å². The van der Waals surface area contributed by atoms with Gasteiger partial charge in [-0.2, -0.15) is 0 Å². The molecular weight excluding hydrogens is 396 g/mol. The van der Waals surface area contributed by atoms with Gasteiger partial charge in [-0.25, -0.2) is 0 Å². The minimum atomic E-state index is -0.435. The molecule has 0 N–H and O–H groups in total. The summed E-state index contributed by atoms with van der Waals surface area (Å²) in [7, 11) is 0. The maximum absolute atomic E-state index is 12.8. The molecule has 0 aromatic heterocycles. The van der Waals surface area contributed by atoms with Crippen molar-refractivity contribution >= 4 is 17.8 Å². The maximum Gasteiger partial charge on any atom is 0.308 e. The van der Waals surface area contributed by atoms with E-state index in [-0.39, 0.29) is 18.4 Å². The highest BCUT2D eigenvalue weighted by Crippen LogP contribution is 2.25. The van der Waals surface area contributed by atoms with E-state index in [9.17, 15) is 14.4 Å². The average Bonchev–Trinajstić information content (AvgIpc) is 2.75. The summed E-state index contributed by atoms with van der Waals surface area (Å²) in [5.74, 6) is 0.420. The molecule has 1 heterocycles. The molecule has 1 saturated heterocycles. The van der Waals surface area contributed by atoms with Crippen molar-refractivity contribution in [1.82, 2.24) is 9.80 Å². The fraction of sp³-hybridized carbons (Fsp3) is 0.375. The molecule has 7 heteroatoms. The number of aryl methyl sites for hydroxylation is 2. The first-order valence-electron chi connectivity index (χ1n) is 10.3. The molecule has 0 spiro atoms. The zero-order valence-corrected chi connectivity index (χ0v) is 18.4. The van der Waals surface area contributed by atoms with Crippen LogP contribution in [0.5, 0.6) is 11.5 Å². The van der Waals surface area contributed by atoms with Gasteiger partial charge in [0.2, 0.25) is 0 Å². The van der Waals surface area contributed by atoms with Crippen LogP contribution >= 0.6 is 0 Å². The fourth-order valence-corrected chi connectivity index (χ4v) is 3.57. The first-order valence-corrected chi connectivity index (χ1v) is 10.3. The first kappa shape index (κ1) is 22.3. The third-order valence-corrected chi connectivity index (χ3v) is 5.48. The molecule has 3 rings (SSSR count). The number of rotatable bonds is 5. The SMILES string of the molecule is CC(=O)Oc1cccc(C(=O)N2CCN(C(=O)COc3c(C)ccc(C)c3C)CC2)c1. The zero-order valence-electron chi connectivity index (χ0n) is 18.4. The molecule has 0 aliphatic carbocycles. The van der Waals surface area contributed by atoms with Gasteiger partial charge in [0.15, 0.2) is 6.61 Å². The monoisotopic (exact) mass is 424 g/mol. The maximum atomic E-state index is 12.8. The average molecular weight is 424 g/mol. The van der Waals surface area contributed by atoms with Crippen molar-refractivity contribution in [3.05, 3.63) is 58.7 Å². The lowest BCUT2D eigenvalue weighted by atomic mass is 10.1. The number of nitrogens with zero attached hydrogens (tertiary/aromatic N) is 2. The Morgan fingerprint density at radius 2 is 1.55 bits per heavy atom. The van der Waals surface area contributed by atoms with Crippen molar-refractivity contribution in [3.8, 4) is 11.5 Å². The van der Waals surface area contributed by atoms with E-state index in [4.69, 9.17) is 9.47 Å². The van der Waals surface area contributed by atoms with Gasteiger partial charge in [0.05, 0.1) is 0 Å². The number of hydrogen-bond acceptors (Lipinski definition) is 5. The Balaban J connectivity index is 1.54. The summed E-state index contributed by atoms with van der Waals surface area (Å²) in [5, 5.41) is 0. The highest BCUT2D eigenvalue weighted by Gasteiger charge is 2.25. The third kappa shape index (κ3) is 5.42. The van der Waals surface area contributed by atoms with Gasteiger partial charge in [0.25, 0.3) is 11.8 Å². The summed E-state index contributed by atoms with van der Waals surface area (Å²) in [6.07, 6.45) is 0. The zero-order chi connectivity index (χ0) is 22.5. The molecule has 1 aliphatic heterocycles. The number of piperazine rings is 1. The Labute approximate surface area is 182 Å². The molecule has 7 nitrogen and oxygen atoms in total. The molecule has 0 unspecified atom stereocenters. The highest BCUT2D eigenvalue weighted by atomic mass is 16.5. The Morgan fingerprint density at radius 3 is 2.23 bits per heavy atom. The predicted octanol–water partition coefficient (Wildman–Crippen LogP) is 2.90. The topological polar surface area (TPSA) is 76.2 Å².